The van der Waals surface area contributed by atoms with Crippen molar-refractivity contribution >= 4 is 30.2 Å². The van der Waals surface area contributed by atoms with E-state index >= 15 is 0 Å². The van der Waals surface area contributed by atoms with Gasteiger partial charge in [0.25, 0.3) is 0 Å². The Morgan fingerprint density at radius 3 is 1.33 bits per heavy atom. The minimum absolute atomic E-state index is 0.0431. The molecule has 0 atom stereocenters. The number of hydrogen-bond donors (Lipinski definition) is 4. The molecule has 0 radical (unpaired) electrons. The second kappa shape index (κ2) is 27.0. The quantitative estimate of drug-likeness (QED) is 0.0675. The van der Waals surface area contributed by atoms with Gasteiger partial charge in [-0.2, -0.15) is 0 Å². The van der Waals surface area contributed by atoms with Gasteiger partial charge in [0.15, 0.2) is 0 Å². The third kappa shape index (κ3) is 31.5. The first-order valence-electron chi connectivity index (χ1n) is 13.2. The van der Waals surface area contributed by atoms with E-state index in [2.05, 4.69) is 4.74 Å². The van der Waals surface area contributed by atoms with Crippen LogP contribution in [-0.4, -0.2) is 97.8 Å². The molecule has 13 heteroatoms. The highest BCUT2D eigenvalue weighted by molar-refractivity contribution is 5.69. The standard InChI is InChI=1S/C13H23NO9.C13H24O3/c14-13(7-21-4-1-10(15)16,8-22-5-2-11(17)18)9-23-6-3-12(19)20;1-16-13(15)11-9-7-5-3-2-4-6-8-10-12-14/h1-9,14H2,(H,15,16)(H,17,18)(H,19,20);12H,2-11H2,1H3. The van der Waals surface area contributed by atoms with E-state index in [9.17, 15) is 24.0 Å². The van der Waals surface area contributed by atoms with Crippen LogP contribution in [0.1, 0.15) is 83.5 Å². The minimum atomic E-state index is -1.13. The van der Waals surface area contributed by atoms with Crippen LogP contribution in [-0.2, 0) is 42.9 Å². The monoisotopic (exact) mass is 565 g/mol. The number of methoxy groups -OCH3 is 1. The largest absolute Gasteiger partial charge is 0.481 e. The highest BCUT2D eigenvalue weighted by atomic mass is 16.5. The Morgan fingerprint density at radius 2 is 1.00 bits per heavy atom. The van der Waals surface area contributed by atoms with Gasteiger partial charge in [0.2, 0.25) is 0 Å². The summed E-state index contributed by atoms with van der Waals surface area (Å²) in [6.07, 6.45) is 10.9. The molecule has 0 heterocycles. The zero-order chi connectivity index (χ0) is 29.8. The number of ether oxygens (including phenoxy) is 4. The summed E-state index contributed by atoms with van der Waals surface area (Å²) in [7, 11) is 1.43. The summed E-state index contributed by atoms with van der Waals surface area (Å²) in [5.41, 5.74) is 4.90. The minimum Gasteiger partial charge on any atom is -0.481 e. The van der Waals surface area contributed by atoms with Gasteiger partial charge in [-0.05, 0) is 12.8 Å². The fourth-order valence-corrected chi connectivity index (χ4v) is 3.09. The second-order valence-electron chi connectivity index (χ2n) is 9.06. The molecule has 0 saturated heterocycles. The van der Waals surface area contributed by atoms with Crippen molar-refractivity contribution in [3.05, 3.63) is 0 Å². The molecule has 39 heavy (non-hydrogen) atoms. The van der Waals surface area contributed by atoms with Crippen molar-refractivity contribution in [3.8, 4) is 0 Å². The molecule has 0 aliphatic heterocycles. The lowest BCUT2D eigenvalue weighted by atomic mass is 10.1. The van der Waals surface area contributed by atoms with Gasteiger partial charge in [0.1, 0.15) is 6.29 Å². The molecule has 0 rings (SSSR count). The van der Waals surface area contributed by atoms with Gasteiger partial charge >= 0.3 is 23.9 Å². The van der Waals surface area contributed by atoms with Gasteiger partial charge < -0.3 is 44.8 Å². The number of aliphatic carboxylic acids is 3. The molecule has 0 aromatic heterocycles. The molecule has 228 valence electrons. The van der Waals surface area contributed by atoms with Crippen molar-refractivity contribution in [1.29, 1.82) is 0 Å². The van der Waals surface area contributed by atoms with Gasteiger partial charge in [-0.3, -0.25) is 19.2 Å². The van der Waals surface area contributed by atoms with E-state index < -0.39 is 23.4 Å². The van der Waals surface area contributed by atoms with Gasteiger partial charge in [0.05, 0.1) is 71.6 Å². The van der Waals surface area contributed by atoms with Crippen molar-refractivity contribution in [3.63, 3.8) is 0 Å². The van der Waals surface area contributed by atoms with E-state index in [0.717, 1.165) is 25.5 Å². The molecule has 0 spiro atoms. The number of carboxylic acid groups (broad SMARTS) is 3. The van der Waals surface area contributed by atoms with Crippen LogP contribution in [0.2, 0.25) is 0 Å². The normalized spacial score (nSPS) is 10.8. The molecule has 0 saturated carbocycles. The van der Waals surface area contributed by atoms with E-state index in [-0.39, 0.29) is 64.9 Å². The molecular formula is C26H47NO12. The van der Waals surface area contributed by atoms with Crippen LogP contribution in [0.25, 0.3) is 0 Å². The van der Waals surface area contributed by atoms with E-state index in [1.165, 1.54) is 39.2 Å². The summed E-state index contributed by atoms with van der Waals surface area (Å²) in [6, 6.07) is 0. The number of hydrogen-bond acceptors (Lipinski definition) is 10. The molecule has 0 amide bonds. The van der Waals surface area contributed by atoms with Gasteiger partial charge in [0, 0.05) is 12.8 Å². The number of aldehydes is 1. The van der Waals surface area contributed by atoms with Gasteiger partial charge in [-0.1, -0.05) is 38.5 Å². The molecule has 0 aromatic rings. The Labute approximate surface area is 230 Å². The van der Waals surface area contributed by atoms with Gasteiger partial charge in [-0.25, -0.2) is 0 Å². The number of carboxylic acids is 3. The average molecular weight is 566 g/mol. The maximum atomic E-state index is 10.8. The molecule has 5 N–H and O–H groups in total. The Kier molecular flexibility index (Phi) is 26.7. The number of esters is 1. The summed E-state index contributed by atoms with van der Waals surface area (Å²) in [5.74, 6) is -3.14. The average Bonchev–Trinajstić information content (AvgIpc) is 2.88. The van der Waals surface area contributed by atoms with E-state index in [0.29, 0.717) is 12.8 Å². The number of nitrogens with two attached hydrogens (primary N) is 1. The summed E-state index contributed by atoms with van der Waals surface area (Å²) in [6.45, 7) is -0.336. The highest BCUT2D eigenvalue weighted by Crippen LogP contribution is 2.10. The van der Waals surface area contributed by atoms with Crippen LogP contribution in [0.4, 0.5) is 0 Å². The van der Waals surface area contributed by atoms with Crippen LogP contribution in [0, 0.1) is 0 Å². The Balaban J connectivity index is 0. The maximum absolute atomic E-state index is 10.8. The van der Waals surface area contributed by atoms with E-state index in [1.807, 2.05) is 0 Å². The summed E-state index contributed by atoms with van der Waals surface area (Å²) < 4.78 is 20.1. The van der Waals surface area contributed by atoms with Crippen molar-refractivity contribution in [2.45, 2.75) is 89.0 Å². The third-order valence-electron chi connectivity index (χ3n) is 5.23. The summed E-state index contributed by atoms with van der Waals surface area (Å²) in [5, 5.41) is 25.6. The number of rotatable bonds is 26. The molecule has 0 aliphatic carbocycles. The first-order chi connectivity index (χ1) is 18.6. The zero-order valence-corrected chi connectivity index (χ0v) is 23.1. The van der Waals surface area contributed by atoms with Crippen LogP contribution >= 0.6 is 0 Å². The van der Waals surface area contributed by atoms with Crippen molar-refractivity contribution in [1.82, 2.24) is 0 Å². The molecule has 0 fully saturated rings. The predicted molar refractivity (Wildman–Crippen MR) is 140 cm³/mol. The Bertz CT molecular complexity index is 616. The third-order valence-corrected chi connectivity index (χ3v) is 5.23. The zero-order valence-electron chi connectivity index (χ0n) is 23.1. The Morgan fingerprint density at radius 1 is 0.641 bits per heavy atom. The molecule has 0 aliphatic rings. The highest BCUT2D eigenvalue weighted by Gasteiger charge is 2.27. The lowest BCUT2D eigenvalue weighted by Gasteiger charge is -2.28. The molecule has 13 nitrogen and oxygen atoms in total. The maximum Gasteiger partial charge on any atom is 0.305 e. The van der Waals surface area contributed by atoms with Crippen molar-refractivity contribution in [2.75, 3.05) is 46.8 Å². The van der Waals surface area contributed by atoms with E-state index in [1.54, 1.807) is 0 Å². The smallest absolute Gasteiger partial charge is 0.305 e. The summed E-state index contributed by atoms with van der Waals surface area (Å²) >= 11 is 0. The van der Waals surface area contributed by atoms with Crippen molar-refractivity contribution in [2.24, 2.45) is 5.73 Å². The van der Waals surface area contributed by atoms with Gasteiger partial charge in [-0.15, -0.1) is 0 Å². The molecule has 0 bridgehead atoms. The number of unbranched alkanes of at least 4 members (excludes halogenated alkanes) is 8. The molecular weight excluding hydrogens is 518 g/mol. The fraction of sp³-hybridized carbons (Fsp3) is 0.808. The first-order valence-corrected chi connectivity index (χ1v) is 13.2. The number of carbonyl (C=O) groups excluding carboxylic acids is 2. The Hall–Kier alpha value is -2.61. The van der Waals surface area contributed by atoms with Crippen LogP contribution < -0.4 is 5.73 Å². The molecule has 0 unspecified atom stereocenters. The van der Waals surface area contributed by atoms with Crippen LogP contribution in [0.3, 0.4) is 0 Å². The first kappa shape index (κ1) is 38.5. The summed E-state index contributed by atoms with van der Waals surface area (Å²) in [4.78, 5) is 52.1. The van der Waals surface area contributed by atoms with Crippen LogP contribution in [0.5, 0.6) is 0 Å². The lowest BCUT2D eigenvalue weighted by molar-refractivity contribution is -0.141. The predicted octanol–water partition coefficient (Wildman–Crippen LogP) is 2.42. The molecule has 0 aromatic carbocycles. The topological polar surface area (TPSA) is 209 Å². The number of carbonyl (C=O) groups is 5. The SMILES string of the molecule is COC(=O)CCCCCCCCCCC=O.NC(COCCC(=O)O)(COCCC(=O)O)COCCC(=O)O. The van der Waals surface area contributed by atoms with Crippen molar-refractivity contribution < 1.29 is 58.2 Å². The fourth-order valence-electron chi connectivity index (χ4n) is 3.09. The lowest BCUT2D eigenvalue weighted by Crippen LogP contribution is -2.53. The van der Waals surface area contributed by atoms with E-state index in [4.69, 9.17) is 35.3 Å². The van der Waals surface area contributed by atoms with Crippen LogP contribution in [0.15, 0.2) is 0 Å². The second-order valence-corrected chi connectivity index (χ2v) is 9.06.